The summed E-state index contributed by atoms with van der Waals surface area (Å²) in [5.74, 6) is 4.24. The first-order chi connectivity index (χ1) is 9.28. The summed E-state index contributed by atoms with van der Waals surface area (Å²) in [4.78, 5) is 2.59. The molecule has 0 N–H and O–H groups in total. The molecule has 0 amide bonds. The molecular formula is C19H37N. The quantitative estimate of drug-likeness (QED) is 0.588. The maximum atomic E-state index is 2.59. The van der Waals surface area contributed by atoms with Crippen LogP contribution in [0.5, 0.6) is 0 Å². The smallest absolute Gasteiger partial charge is 0.0368 e. The van der Waals surface area contributed by atoms with E-state index in [9.17, 15) is 0 Å². The van der Waals surface area contributed by atoms with Crippen LogP contribution in [0.1, 0.15) is 68.2 Å². The molecule has 1 nitrogen and oxygen atoms in total. The standard InChI is InChI=1S/C19H37N/c1-9-11-13-20(12-10-2)19(7,8)17(6)18-15(4)14(3)16(18)5/h11,13-18H,9-10,12H2,1-8H3/b13-11-. The molecular weight excluding hydrogens is 242 g/mol. The van der Waals surface area contributed by atoms with Crippen LogP contribution in [0.15, 0.2) is 12.3 Å². The predicted octanol–water partition coefficient (Wildman–Crippen LogP) is 5.57. The Morgan fingerprint density at radius 2 is 1.60 bits per heavy atom. The van der Waals surface area contributed by atoms with Crippen LogP contribution in [0.3, 0.4) is 0 Å². The van der Waals surface area contributed by atoms with Crippen LogP contribution in [0, 0.1) is 29.6 Å². The van der Waals surface area contributed by atoms with E-state index in [2.05, 4.69) is 72.6 Å². The summed E-state index contributed by atoms with van der Waals surface area (Å²) in [6, 6.07) is 0. The molecule has 1 aliphatic rings. The van der Waals surface area contributed by atoms with Crippen LogP contribution in [0.4, 0.5) is 0 Å². The van der Waals surface area contributed by atoms with Crippen LogP contribution >= 0.6 is 0 Å². The van der Waals surface area contributed by atoms with E-state index >= 15 is 0 Å². The van der Waals surface area contributed by atoms with Crippen molar-refractivity contribution >= 4 is 0 Å². The maximum absolute atomic E-state index is 2.59. The summed E-state index contributed by atoms with van der Waals surface area (Å²) in [6.07, 6.45) is 6.99. The lowest BCUT2D eigenvalue weighted by Gasteiger charge is -2.56. The van der Waals surface area contributed by atoms with Crippen LogP contribution in [-0.4, -0.2) is 17.0 Å². The van der Waals surface area contributed by atoms with Gasteiger partial charge in [0.05, 0.1) is 0 Å². The molecule has 0 bridgehead atoms. The van der Waals surface area contributed by atoms with Gasteiger partial charge in [-0.15, -0.1) is 0 Å². The number of hydrogen-bond donors (Lipinski definition) is 0. The second-order valence-electron chi connectivity index (χ2n) is 7.58. The molecule has 0 heterocycles. The minimum atomic E-state index is 0.245. The molecule has 0 radical (unpaired) electrons. The highest BCUT2D eigenvalue weighted by atomic mass is 15.2. The molecule has 0 aromatic carbocycles. The van der Waals surface area contributed by atoms with E-state index in [1.54, 1.807) is 0 Å². The Bertz CT molecular complexity index is 308. The predicted molar refractivity (Wildman–Crippen MR) is 90.7 cm³/mol. The molecule has 0 aromatic rings. The first-order valence-electron chi connectivity index (χ1n) is 8.72. The fourth-order valence-electron chi connectivity index (χ4n) is 4.18. The molecule has 0 aliphatic heterocycles. The van der Waals surface area contributed by atoms with E-state index < -0.39 is 0 Å². The van der Waals surface area contributed by atoms with E-state index in [0.717, 1.165) is 36.0 Å². The summed E-state index contributed by atoms with van der Waals surface area (Å²) in [5, 5.41) is 0. The Kier molecular flexibility index (Phi) is 6.16. The Morgan fingerprint density at radius 3 is 2.05 bits per heavy atom. The normalized spacial score (nSPS) is 32.2. The van der Waals surface area contributed by atoms with Crippen molar-refractivity contribution in [2.24, 2.45) is 29.6 Å². The van der Waals surface area contributed by atoms with Gasteiger partial charge in [-0.2, -0.15) is 0 Å². The van der Waals surface area contributed by atoms with Gasteiger partial charge in [-0.05, 0) is 62.5 Å². The average Bonchev–Trinajstić information content (AvgIpc) is 2.42. The SMILES string of the molecule is CC/C=C\N(CCC)C(C)(C)C(C)C1C(C)C(C)C1C. The Morgan fingerprint density at radius 1 is 1.05 bits per heavy atom. The largest absolute Gasteiger partial charge is 0.372 e. The highest BCUT2D eigenvalue weighted by Gasteiger charge is 2.49. The van der Waals surface area contributed by atoms with Crippen molar-refractivity contribution in [3.05, 3.63) is 12.3 Å². The molecule has 3 atom stereocenters. The van der Waals surface area contributed by atoms with E-state index in [1.807, 2.05) is 0 Å². The van der Waals surface area contributed by atoms with Gasteiger partial charge in [0.25, 0.3) is 0 Å². The molecule has 1 aliphatic carbocycles. The first-order valence-corrected chi connectivity index (χ1v) is 8.72. The van der Waals surface area contributed by atoms with Crippen molar-refractivity contribution in [3.8, 4) is 0 Å². The van der Waals surface area contributed by atoms with Crippen molar-refractivity contribution in [3.63, 3.8) is 0 Å². The lowest BCUT2D eigenvalue weighted by Crippen LogP contribution is -2.56. The monoisotopic (exact) mass is 279 g/mol. The van der Waals surface area contributed by atoms with Gasteiger partial charge in [0, 0.05) is 12.1 Å². The van der Waals surface area contributed by atoms with E-state index in [4.69, 9.17) is 0 Å². The van der Waals surface area contributed by atoms with Crippen molar-refractivity contribution in [1.29, 1.82) is 0 Å². The zero-order valence-electron chi connectivity index (χ0n) is 15.1. The summed E-state index contributed by atoms with van der Waals surface area (Å²) in [7, 11) is 0. The Balaban J connectivity index is 2.86. The van der Waals surface area contributed by atoms with E-state index in [0.29, 0.717) is 0 Å². The molecule has 1 saturated carbocycles. The summed E-state index contributed by atoms with van der Waals surface area (Å²) in [5.41, 5.74) is 0.245. The summed E-state index contributed by atoms with van der Waals surface area (Å²) >= 11 is 0. The minimum absolute atomic E-state index is 0.245. The topological polar surface area (TPSA) is 3.24 Å². The van der Waals surface area contributed by atoms with Crippen molar-refractivity contribution in [2.45, 2.75) is 73.8 Å². The lowest BCUT2D eigenvalue weighted by molar-refractivity contribution is -0.0676. The fourth-order valence-corrected chi connectivity index (χ4v) is 4.18. The number of rotatable bonds is 7. The van der Waals surface area contributed by atoms with Crippen LogP contribution in [-0.2, 0) is 0 Å². The molecule has 1 heteroatoms. The molecule has 1 fully saturated rings. The third-order valence-corrected chi connectivity index (χ3v) is 6.29. The molecule has 0 spiro atoms. The third kappa shape index (κ3) is 3.23. The van der Waals surface area contributed by atoms with Gasteiger partial charge in [0.15, 0.2) is 0 Å². The second-order valence-corrected chi connectivity index (χ2v) is 7.58. The second kappa shape index (κ2) is 7.00. The highest BCUT2D eigenvalue weighted by Crippen LogP contribution is 2.52. The van der Waals surface area contributed by atoms with Gasteiger partial charge in [0.2, 0.25) is 0 Å². The zero-order chi connectivity index (χ0) is 15.5. The fraction of sp³-hybridized carbons (Fsp3) is 0.895. The van der Waals surface area contributed by atoms with E-state index in [1.165, 1.54) is 13.0 Å². The van der Waals surface area contributed by atoms with Gasteiger partial charge in [-0.1, -0.05) is 47.6 Å². The van der Waals surface area contributed by atoms with Crippen molar-refractivity contribution < 1.29 is 0 Å². The van der Waals surface area contributed by atoms with Gasteiger partial charge in [-0.25, -0.2) is 0 Å². The van der Waals surface area contributed by atoms with Gasteiger partial charge < -0.3 is 4.90 Å². The third-order valence-electron chi connectivity index (χ3n) is 6.29. The average molecular weight is 280 g/mol. The first kappa shape index (κ1) is 17.6. The van der Waals surface area contributed by atoms with Crippen LogP contribution < -0.4 is 0 Å². The maximum Gasteiger partial charge on any atom is 0.0368 e. The van der Waals surface area contributed by atoms with Crippen molar-refractivity contribution in [2.75, 3.05) is 6.54 Å². The summed E-state index contributed by atoms with van der Waals surface area (Å²) < 4.78 is 0. The van der Waals surface area contributed by atoms with Gasteiger partial charge in [-0.3, -0.25) is 0 Å². The Labute approximate surface area is 127 Å². The molecule has 118 valence electrons. The number of hydrogen-bond acceptors (Lipinski definition) is 1. The Hall–Kier alpha value is -0.460. The highest BCUT2D eigenvalue weighted by molar-refractivity contribution is 5.02. The minimum Gasteiger partial charge on any atom is -0.372 e. The number of nitrogens with zero attached hydrogens (tertiary/aromatic N) is 1. The zero-order valence-corrected chi connectivity index (χ0v) is 15.1. The lowest BCUT2D eigenvalue weighted by atomic mass is 9.52. The molecule has 3 unspecified atom stereocenters. The number of allylic oxidation sites excluding steroid dienone is 1. The van der Waals surface area contributed by atoms with Crippen LogP contribution in [0.2, 0.25) is 0 Å². The van der Waals surface area contributed by atoms with Crippen molar-refractivity contribution in [1.82, 2.24) is 4.90 Å². The molecule has 0 aromatic heterocycles. The molecule has 1 rings (SSSR count). The van der Waals surface area contributed by atoms with E-state index in [-0.39, 0.29) is 5.54 Å². The summed E-state index contributed by atoms with van der Waals surface area (Å²) in [6.45, 7) is 20.4. The molecule has 20 heavy (non-hydrogen) atoms. The van der Waals surface area contributed by atoms with Gasteiger partial charge >= 0.3 is 0 Å². The molecule has 0 saturated heterocycles. The van der Waals surface area contributed by atoms with Gasteiger partial charge in [0.1, 0.15) is 0 Å². The van der Waals surface area contributed by atoms with Crippen LogP contribution in [0.25, 0.3) is 0 Å².